The molecule has 0 aliphatic rings. The number of phosphoric acid groups is 1. The van der Waals surface area contributed by atoms with Gasteiger partial charge in [0.25, 0.3) is 7.82 Å². The SMILES string of the molecule is CC/C=C\C/C=C\C/C=C\C/C=C\C/C=C\C/C=C\C/C=C\CCCCCC(=O)OC(COC(=O)CCCCCCC)COP(=O)([O-])OCC[N+](C)(C)C. The Morgan fingerprint density at radius 2 is 1.06 bits per heavy atom. The molecule has 0 aromatic heterocycles. The molecule has 2 atom stereocenters. The zero-order chi connectivity index (χ0) is 40.0. The Kier molecular flexibility index (Phi) is 34.0. The molecule has 0 bridgehead atoms. The zero-order valence-corrected chi connectivity index (χ0v) is 35.3. The van der Waals surface area contributed by atoms with Gasteiger partial charge in [0.05, 0.1) is 27.7 Å². The molecule has 0 amide bonds. The van der Waals surface area contributed by atoms with Crippen molar-refractivity contribution in [3.63, 3.8) is 0 Å². The van der Waals surface area contributed by atoms with E-state index in [9.17, 15) is 19.0 Å². The van der Waals surface area contributed by atoms with Crippen LogP contribution in [0, 0.1) is 0 Å². The number of allylic oxidation sites excluding steroid dienone is 14. The predicted octanol–water partition coefficient (Wildman–Crippen LogP) is 10.6. The van der Waals surface area contributed by atoms with E-state index in [0.717, 1.165) is 89.9 Å². The molecule has 0 radical (unpaired) electrons. The molecule has 0 aromatic rings. The summed E-state index contributed by atoms with van der Waals surface area (Å²) in [7, 11) is 1.12. The van der Waals surface area contributed by atoms with Crippen LogP contribution in [0.4, 0.5) is 0 Å². The molecule has 0 rings (SSSR count). The second-order valence-electron chi connectivity index (χ2n) is 14.3. The molecule has 0 saturated heterocycles. The number of ether oxygens (including phenoxy) is 2. The quantitative estimate of drug-likeness (QED) is 0.0206. The summed E-state index contributed by atoms with van der Waals surface area (Å²) in [5.41, 5.74) is 0. The van der Waals surface area contributed by atoms with E-state index >= 15 is 0 Å². The maximum Gasteiger partial charge on any atom is 0.306 e. The van der Waals surface area contributed by atoms with Gasteiger partial charge >= 0.3 is 11.9 Å². The van der Waals surface area contributed by atoms with Crippen LogP contribution >= 0.6 is 7.82 Å². The number of rotatable bonds is 35. The molecule has 0 N–H and O–H groups in total. The van der Waals surface area contributed by atoms with Gasteiger partial charge in [0.2, 0.25) is 0 Å². The van der Waals surface area contributed by atoms with Gasteiger partial charge in [-0.2, -0.15) is 0 Å². The fraction of sp³-hybridized carbons (Fsp3) is 0.636. The van der Waals surface area contributed by atoms with E-state index in [4.69, 9.17) is 18.5 Å². The largest absolute Gasteiger partial charge is 0.756 e. The van der Waals surface area contributed by atoms with Crippen LogP contribution in [-0.4, -0.2) is 70.0 Å². The van der Waals surface area contributed by atoms with Crippen molar-refractivity contribution >= 4 is 19.8 Å². The van der Waals surface area contributed by atoms with Gasteiger partial charge in [-0.05, 0) is 70.6 Å². The Bertz CT molecular complexity index is 1200. The van der Waals surface area contributed by atoms with Crippen LogP contribution in [0.3, 0.4) is 0 Å². The first-order chi connectivity index (χ1) is 26.0. The highest BCUT2D eigenvalue weighted by atomic mass is 31.2. The fourth-order valence-corrected chi connectivity index (χ4v) is 5.48. The van der Waals surface area contributed by atoms with E-state index in [1.807, 2.05) is 21.1 Å². The summed E-state index contributed by atoms with van der Waals surface area (Å²) < 4.78 is 33.5. The molecule has 0 aromatic carbocycles. The topological polar surface area (TPSA) is 111 Å². The Hall–Kier alpha value is -2.81. The average molecular weight is 776 g/mol. The molecular weight excluding hydrogens is 701 g/mol. The van der Waals surface area contributed by atoms with E-state index in [0.29, 0.717) is 23.9 Å². The van der Waals surface area contributed by atoms with Crippen molar-refractivity contribution in [1.82, 2.24) is 0 Å². The minimum Gasteiger partial charge on any atom is -0.756 e. The van der Waals surface area contributed by atoms with Gasteiger partial charge in [0, 0.05) is 12.8 Å². The third-order valence-corrected chi connectivity index (χ3v) is 8.89. The molecule has 0 saturated carbocycles. The number of hydrogen-bond acceptors (Lipinski definition) is 8. The van der Waals surface area contributed by atoms with E-state index in [1.54, 1.807) is 0 Å². The van der Waals surface area contributed by atoms with Gasteiger partial charge in [-0.25, -0.2) is 0 Å². The number of unbranched alkanes of at least 4 members (excludes halogenated alkanes) is 7. The van der Waals surface area contributed by atoms with E-state index in [1.165, 1.54) is 0 Å². The van der Waals surface area contributed by atoms with Crippen molar-refractivity contribution in [3.05, 3.63) is 85.1 Å². The fourth-order valence-electron chi connectivity index (χ4n) is 4.75. The summed E-state index contributed by atoms with van der Waals surface area (Å²) in [5.74, 6) is -0.898. The van der Waals surface area contributed by atoms with Crippen molar-refractivity contribution < 1.29 is 42.1 Å². The molecule has 0 spiro atoms. The lowest BCUT2D eigenvalue weighted by Gasteiger charge is -2.28. The first-order valence-corrected chi connectivity index (χ1v) is 21.8. The molecular formula is C44H74NO8P. The van der Waals surface area contributed by atoms with Crippen LogP contribution < -0.4 is 4.89 Å². The highest BCUT2D eigenvalue weighted by molar-refractivity contribution is 7.45. The first-order valence-electron chi connectivity index (χ1n) is 20.3. The molecule has 0 heterocycles. The molecule has 0 aliphatic heterocycles. The molecule has 10 heteroatoms. The third-order valence-electron chi connectivity index (χ3n) is 7.93. The first kappa shape index (κ1) is 51.2. The van der Waals surface area contributed by atoms with Crippen molar-refractivity contribution in [2.24, 2.45) is 0 Å². The zero-order valence-electron chi connectivity index (χ0n) is 34.4. The Morgan fingerprint density at radius 1 is 0.593 bits per heavy atom. The molecule has 0 aliphatic carbocycles. The number of hydrogen-bond donors (Lipinski definition) is 0. The van der Waals surface area contributed by atoms with Crippen LogP contribution in [-0.2, 0) is 32.7 Å². The molecule has 0 fully saturated rings. The third kappa shape index (κ3) is 38.9. The maximum atomic E-state index is 12.6. The molecule has 9 nitrogen and oxygen atoms in total. The van der Waals surface area contributed by atoms with Crippen molar-refractivity contribution in [2.75, 3.05) is 47.5 Å². The van der Waals surface area contributed by atoms with Crippen molar-refractivity contribution in [1.29, 1.82) is 0 Å². The van der Waals surface area contributed by atoms with Gasteiger partial charge < -0.3 is 27.9 Å². The second kappa shape index (κ2) is 35.9. The minimum atomic E-state index is -4.63. The summed E-state index contributed by atoms with van der Waals surface area (Å²) in [6, 6.07) is 0. The second-order valence-corrected chi connectivity index (χ2v) is 15.7. The van der Waals surface area contributed by atoms with Crippen LogP contribution in [0.1, 0.15) is 129 Å². The summed E-state index contributed by atoms with van der Waals surface area (Å²) >= 11 is 0. The predicted molar refractivity (Wildman–Crippen MR) is 222 cm³/mol. The van der Waals surface area contributed by atoms with Gasteiger partial charge in [-0.15, -0.1) is 0 Å². The molecule has 2 unspecified atom stereocenters. The van der Waals surface area contributed by atoms with Crippen molar-refractivity contribution in [2.45, 2.75) is 136 Å². The average Bonchev–Trinajstić information content (AvgIpc) is 3.12. The summed E-state index contributed by atoms with van der Waals surface area (Å²) in [6.45, 7) is 3.93. The highest BCUT2D eigenvalue weighted by Gasteiger charge is 2.21. The van der Waals surface area contributed by atoms with E-state index < -0.39 is 32.5 Å². The van der Waals surface area contributed by atoms with E-state index in [-0.39, 0.29) is 26.1 Å². The smallest absolute Gasteiger partial charge is 0.306 e. The van der Waals surface area contributed by atoms with Crippen LogP contribution in [0.5, 0.6) is 0 Å². The molecule has 308 valence electrons. The number of carbonyl (C=O) groups is 2. The Labute approximate surface area is 329 Å². The summed E-state index contributed by atoms with van der Waals surface area (Å²) in [4.78, 5) is 37.1. The number of phosphoric ester groups is 1. The number of carbonyl (C=O) groups excluding carboxylic acids is 2. The maximum absolute atomic E-state index is 12.6. The lowest BCUT2D eigenvalue weighted by molar-refractivity contribution is -0.870. The number of nitrogens with zero attached hydrogens (tertiary/aromatic N) is 1. The van der Waals surface area contributed by atoms with Gasteiger partial charge in [0.1, 0.15) is 19.8 Å². The van der Waals surface area contributed by atoms with Gasteiger partial charge in [-0.3, -0.25) is 14.2 Å². The van der Waals surface area contributed by atoms with E-state index in [2.05, 4.69) is 98.9 Å². The minimum absolute atomic E-state index is 0.0422. The lowest BCUT2D eigenvalue weighted by atomic mass is 10.1. The number of likely N-dealkylation sites (N-methyl/N-ethyl adjacent to an activating group) is 1. The highest BCUT2D eigenvalue weighted by Crippen LogP contribution is 2.38. The van der Waals surface area contributed by atoms with Crippen LogP contribution in [0.2, 0.25) is 0 Å². The standard InChI is InChI=1S/C44H74NO8P/c1-6-8-10-12-13-14-15-16-17-18-19-20-21-22-23-24-25-26-27-28-29-30-31-33-35-37-44(47)53-42(40-50-43(46)36-34-32-11-9-7-2)41-52-54(48,49)51-39-38-45(3,4)5/h8,10,13-14,16-17,19-20,22-23,25-26,28-29,42H,6-7,9,11-12,15,18,21,24,27,30-41H2,1-5H3/b10-8-,14-13-,17-16-,20-19-,23-22-,26-25-,29-28-. The summed E-state index contributed by atoms with van der Waals surface area (Å²) in [5, 5.41) is 0. The number of esters is 2. The Balaban J connectivity index is 4.30. The van der Waals surface area contributed by atoms with Gasteiger partial charge in [-0.1, -0.05) is 131 Å². The summed E-state index contributed by atoms with van der Waals surface area (Å²) in [6.07, 6.45) is 45.2. The van der Waals surface area contributed by atoms with Crippen LogP contribution in [0.15, 0.2) is 85.1 Å². The Morgan fingerprint density at radius 3 is 1.56 bits per heavy atom. The van der Waals surface area contributed by atoms with Crippen molar-refractivity contribution in [3.8, 4) is 0 Å². The monoisotopic (exact) mass is 776 g/mol. The number of quaternary nitrogens is 1. The van der Waals surface area contributed by atoms with Gasteiger partial charge in [0.15, 0.2) is 6.10 Å². The van der Waals surface area contributed by atoms with Crippen LogP contribution in [0.25, 0.3) is 0 Å². The molecule has 54 heavy (non-hydrogen) atoms. The normalized spacial score (nSPS) is 14.6. The lowest BCUT2D eigenvalue weighted by Crippen LogP contribution is -2.37.